The lowest BCUT2D eigenvalue weighted by Gasteiger charge is -2.36. The summed E-state index contributed by atoms with van der Waals surface area (Å²) in [4.78, 5) is 19.1. The van der Waals surface area contributed by atoms with E-state index in [4.69, 9.17) is 9.47 Å². The van der Waals surface area contributed by atoms with Crippen LogP contribution in [0.4, 0.5) is 5.69 Å². The molecule has 29 heavy (non-hydrogen) atoms. The molecule has 1 saturated heterocycles. The highest BCUT2D eigenvalue weighted by Crippen LogP contribution is 2.37. The van der Waals surface area contributed by atoms with E-state index >= 15 is 0 Å². The van der Waals surface area contributed by atoms with Gasteiger partial charge in [0, 0.05) is 36.7 Å². The molecule has 1 amide bonds. The molecule has 0 aliphatic carbocycles. The fourth-order valence-electron chi connectivity index (χ4n) is 3.52. The summed E-state index contributed by atoms with van der Waals surface area (Å²) < 4.78 is 10.7. The molecule has 0 atom stereocenters. The van der Waals surface area contributed by atoms with E-state index in [1.165, 1.54) is 11.3 Å². The van der Waals surface area contributed by atoms with Crippen molar-refractivity contribution in [1.82, 2.24) is 4.90 Å². The van der Waals surface area contributed by atoms with E-state index in [-0.39, 0.29) is 5.91 Å². The molecule has 3 aromatic rings. The van der Waals surface area contributed by atoms with Crippen LogP contribution >= 0.6 is 11.3 Å². The van der Waals surface area contributed by atoms with Gasteiger partial charge in [-0.2, -0.15) is 0 Å². The second-order valence-corrected chi connectivity index (χ2v) is 7.90. The molecule has 5 nitrogen and oxygen atoms in total. The minimum Gasteiger partial charge on any atom is -0.497 e. The highest BCUT2D eigenvalue weighted by atomic mass is 32.1. The molecule has 1 aromatic heterocycles. The molecule has 0 unspecified atom stereocenters. The summed E-state index contributed by atoms with van der Waals surface area (Å²) in [6, 6.07) is 20.1. The Morgan fingerprint density at radius 1 is 0.897 bits per heavy atom. The minimum absolute atomic E-state index is 0.0448. The lowest BCUT2D eigenvalue weighted by molar-refractivity contribution is 0.0748. The van der Waals surface area contributed by atoms with Gasteiger partial charge in [0.15, 0.2) is 0 Å². The summed E-state index contributed by atoms with van der Waals surface area (Å²) in [5.74, 6) is 1.54. The molecule has 1 fully saturated rings. The van der Waals surface area contributed by atoms with Crippen molar-refractivity contribution in [3.63, 3.8) is 0 Å². The van der Waals surface area contributed by atoms with Crippen molar-refractivity contribution in [2.24, 2.45) is 0 Å². The quantitative estimate of drug-likeness (QED) is 0.628. The van der Waals surface area contributed by atoms with Gasteiger partial charge in [0.2, 0.25) is 0 Å². The van der Waals surface area contributed by atoms with Crippen molar-refractivity contribution >= 4 is 22.9 Å². The number of nitrogens with zero attached hydrogens (tertiary/aromatic N) is 2. The van der Waals surface area contributed by atoms with E-state index in [2.05, 4.69) is 17.0 Å². The first-order valence-electron chi connectivity index (χ1n) is 9.61. The van der Waals surface area contributed by atoms with Crippen LogP contribution in [0, 0.1) is 0 Å². The van der Waals surface area contributed by atoms with Gasteiger partial charge in [0.25, 0.3) is 5.91 Å². The van der Waals surface area contributed by atoms with E-state index in [0.717, 1.165) is 35.0 Å². The number of carbonyl (C=O) groups is 1. The Labute approximate surface area is 175 Å². The Morgan fingerprint density at radius 3 is 2.21 bits per heavy atom. The van der Waals surface area contributed by atoms with E-state index in [9.17, 15) is 4.79 Å². The fraction of sp³-hybridized carbons (Fsp3) is 0.261. The SMILES string of the molecule is COc1ccc(N2CCN(C(=O)c3sc(-c4ccccc4)cc3OC)CC2)cc1. The van der Waals surface area contributed by atoms with Crippen LogP contribution in [0.15, 0.2) is 60.7 Å². The summed E-state index contributed by atoms with van der Waals surface area (Å²) in [5, 5.41) is 0. The van der Waals surface area contributed by atoms with Gasteiger partial charge in [0.1, 0.15) is 16.4 Å². The van der Waals surface area contributed by atoms with Crippen LogP contribution in [0.2, 0.25) is 0 Å². The molecule has 150 valence electrons. The molecule has 0 N–H and O–H groups in total. The molecule has 0 radical (unpaired) electrons. The maximum Gasteiger partial charge on any atom is 0.267 e. The van der Waals surface area contributed by atoms with Crippen molar-refractivity contribution in [2.45, 2.75) is 0 Å². The molecule has 2 aromatic carbocycles. The maximum atomic E-state index is 13.2. The number of carbonyl (C=O) groups excluding carboxylic acids is 1. The predicted octanol–water partition coefficient (Wildman–Crippen LogP) is 4.39. The zero-order valence-electron chi connectivity index (χ0n) is 16.6. The van der Waals surface area contributed by atoms with E-state index in [1.54, 1.807) is 14.2 Å². The first-order chi connectivity index (χ1) is 14.2. The molecule has 4 rings (SSSR count). The Kier molecular flexibility index (Phi) is 5.71. The number of ether oxygens (including phenoxy) is 2. The zero-order valence-corrected chi connectivity index (χ0v) is 17.4. The number of hydrogen-bond acceptors (Lipinski definition) is 5. The van der Waals surface area contributed by atoms with Crippen LogP contribution in [-0.2, 0) is 0 Å². The highest BCUT2D eigenvalue weighted by molar-refractivity contribution is 7.17. The summed E-state index contributed by atoms with van der Waals surface area (Å²) >= 11 is 1.50. The lowest BCUT2D eigenvalue weighted by Crippen LogP contribution is -2.48. The second-order valence-electron chi connectivity index (χ2n) is 6.85. The van der Waals surface area contributed by atoms with Crippen molar-refractivity contribution in [3.8, 4) is 21.9 Å². The number of hydrogen-bond donors (Lipinski definition) is 0. The van der Waals surface area contributed by atoms with Gasteiger partial charge >= 0.3 is 0 Å². The van der Waals surface area contributed by atoms with Gasteiger partial charge in [-0.3, -0.25) is 4.79 Å². The number of anilines is 1. The Hall–Kier alpha value is -2.99. The number of thiophene rings is 1. The van der Waals surface area contributed by atoms with Gasteiger partial charge in [-0.1, -0.05) is 30.3 Å². The van der Waals surface area contributed by atoms with Gasteiger partial charge < -0.3 is 19.3 Å². The Morgan fingerprint density at radius 2 is 1.59 bits per heavy atom. The van der Waals surface area contributed by atoms with Gasteiger partial charge in [0.05, 0.1) is 14.2 Å². The van der Waals surface area contributed by atoms with Crippen LogP contribution < -0.4 is 14.4 Å². The van der Waals surface area contributed by atoms with Crippen LogP contribution in [0.3, 0.4) is 0 Å². The standard InChI is InChI=1S/C23H24N2O3S/c1-27-19-10-8-18(9-11-19)24-12-14-25(15-13-24)23(26)22-20(28-2)16-21(29-22)17-6-4-3-5-7-17/h3-11,16H,12-15H2,1-2H3. The average molecular weight is 409 g/mol. The lowest BCUT2D eigenvalue weighted by atomic mass is 10.2. The molecule has 2 heterocycles. The molecule has 0 saturated carbocycles. The molecule has 1 aliphatic rings. The maximum absolute atomic E-state index is 13.2. The van der Waals surface area contributed by atoms with Crippen LogP contribution in [0.5, 0.6) is 11.5 Å². The average Bonchev–Trinajstić information content (AvgIpc) is 3.24. The molecule has 0 bridgehead atoms. The number of rotatable bonds is 5. The molecule has 6 heteroatoms. The minimum atomic E-state index is 0.0448. The second kappa shape index (κ2) is 8.57. The summed E-state index contributed by atoms with van der Waals surface area (Å²) in [6.45, 7) is 2.98. The topological polar surface area (TPSA) is 42.0 Å². The van der Waals surface area contributed by atoms with Crippen LogP contribution in [-0.4, -0.2) is 51.2 Å². The molecule has 1 aliphatic heterocycles. The van der Waals surface area contributed by atoms with Gasteiger partial charge in [-0.25, -0.2) is 0 Å². The normalized spacial score (nSPS) is 14.0. The number of piperazine rings is 1. The van der Waals surface area contributed by atoms with E-state index in [0.29, 0.717) is 23.7 Å². The van der Waals surface area contributed by atoms with Crippen molar-refractivity contribution in [3.05, 3.63) is 65.5 Å². The number of benzene rings is 2. The van der Waals surface area contributed by atoms with Crippen LogP contribution in [0.1, 0.15) is 9.67 Å². The first-order valence-corrected chi connectivity index (χ1v) is 10.4. The number of methoxy groups -OCH3 is 2. The fourth-order valence-corrected chi connectivity index (χ4v) is 4.62. The highest BCUT2D eigenvalue weighted by Gasteiger charge is 2.26. The summed E-state index contributed by atoms with van der Waals surface area (Å²) in [7, 11) is 3.29. The zero-order chi connectivity index (χ0) is 20.2. The predicted molar refractivity (Wildman–Crippen MR) is 117 cm³/mol. The third kappa shape index (κ3) is 4.07. The third-order valence-corrected chi connectivity index (χ3v) is 6.33. The first kappa shape index (κ1) is 19.3. The summed E-state index contributed by atoms with van der Waals surface area (Å²) in [6.07, 6.45) is 0. The van der Waals surface area contributed by atoms with Crippen molar-refractivity contribution in [1.29, 1.82) is 0 Å². The van der Waals surface area contributed by atoms with Gasteiger partial charge in [-0.15, -0.1) is 11.3 Å². The Bertz CT molecular complexity index is 962. The molecular weight excluding hydrogens is 384 g/mol. The summed E-state index contributed by atoms with van der Waals surface area (Å²) in [5.41, 5.74) is 2.25. The van der Waals surface area contributed by atoms with Crippen LogP contribution in [0.25, 0.3) is 10.4 Å². The Balaban J connectivity index is 1.46. The van der Waals surface area contributed by atoms with Gasteiger partial charge in [-0.05, 0) is 35.9 Å². The third-order valence-electron chi connectivity index (χ3n) is 5.17. The van der Waals surface area contributed by atoms with Crippen molar-refractivity contribution < 1.29 is 14.3 Å². The van der Waals surface area contributed by atoms with E-state index in [1.807, 2.05) is 53.4 Å². The smallest absolute Gasteiger partial charge is 0.267 e. The molecule has 0 spiro atoms. The monoisotopic (exact) mass is 408 g/mol. The van der Waals surface area contributed by atoms with Crippen molar-refractivity contribution in [2.75, 3.05) is 45.3 Å². The largest absolute Gasteiger partial charge is 0.497 e. The molecular formula is C23H24N2O3S. The van der Waals surface area contributed by atoms with E-state index < -0.39 is 0 Å². The number of amides is 1.